The summed E-state index contributed by atoms with van der Waals surface area (Å²) in [5, 5.41) is 0. The lowest BCUT2D eigenvalue weighted by atomic mass is 9.84. The average Bonchev–Trinajstić information content (AvgIpc) is 2.74. The van der Waals surface area contributed by atoms with E-state index in [1.54, 1.807) is 12.2 Å². The van der Waals surface area contributed by atoms with E-state index in [1.807, 2.05) is 6.08 Å². The minimum atomic E-state index is -0.308. The quantitative estimate of drug-likeness (QED) is 0.357. The van der Waals surface area contributed by atoms with Crippen LogP contribution in [0.15, 0.2) is 64.7 Å². The Labute approximate surface area is 198 Å². The highest BCUT2D eigenvalue weighted by Gasteiger charge is 2.35. The molecule has 33 heavy (non-hydrogen) atoms. The Morgan fingerprint density at radius 2 is 1.85 bits per heavy atom. The Balaban J connectivity index is 1.67. The van der Waals surface area contributed by atoms with Gasteiger partial charge in [0, 0.05) is 23.4 Å². The number of rotatable bonds is 7. The fourth-order valence-corrected chi connectivity index (χ4v) is 5.00. The van der Waals surface area contributed by atoms with E-state index in [0.29, 0.717) is 6.54 Å². The fourth-order valence-electron chi connectivity index (χ4n) is 5.00. The molecule has 1 aromatic rings. The molecular formula is C29H36N2O2. The van der Waals surface area contributed by atoms with Crippen molar-refractivity contribution < 1.29 is 9.53 Å². The van der Waals surface area contributed by atoms with Gasteiger partial charge < -0.3 is 9.64 Å². The van der Waals surface area contributed by atoms with E-state index in [-0.39, 0.29) is 16.9 Å². The number of anilines is 1. The highest BCUT2D eigenvalue weighted by Crippen LogP contribution is 2.42. The number of aliphatic imine (C=N–C) groups is 1. The summed E-state index contributed by atoms with van der Waals surface area (Å²) in [4.78, 5) is 19.4. The van der Waals surface area contributed by atoms with Crippen molar-refractivity contribution in [1.82, 2.24) is 0 Å². The lowest BCUT2D eigenvalue weighted by molar-refractivity contribution is -0.110. The summed E-state index contributed by atoms with van der Waals surface area (Å²) >= 11 is 0. The molecule has 2 heterocycles. The van der Waals surface area contributed by atoms with E-state index >= 15 is 0 Å². The van der Waals surface area contributed by atoms with Crippen LogP contribution in [0.5, 0.6) is 5.75 Å². The Hall–Kier alpha value is -2.88. The zero-order valence-corrected chi connectivity index (χ0v) is 20.9. The van der Waals surface area contributed by atoms with Crippen molar-refractivity contribution in [3.63, 3.8) is 0 Å². The van der Waals surface area contributed by atoms with Crippen LogP contribution in [0.2, 0.25) is 0 Å². The normalized spacial score (nSPS) is 20.3. The van der Waals surface area contributed by atoms with Crippen molar-refractivity contribution in [2.45, 2.75) is 71.9 Å². The second-order valence-electron chi connectivity index (χ2n) is 10.4. The van der Waals surface area contributed by atoms with Crippen molar-refractivity contribution in [3.8, 4) is 5.75 Å². The van der Waals surface area contributed by atoms with Gasteiger partial charge in [-0.3, -0.25) is 9.79 Å². The number of benzene rings is 1. The van der Waals surface area contributed by atoms with Crippen LogP contribution in [0.1, 0.15) is 66.4 Å². The van der Waals surface area contributed by atoms with Gasteiger partial charge in [-0.1, -0.05) is 31.9 Å². The molecule has 0 N–H and O–H groups in total. The van der Waals surface area contributed by atoms with E-state index in [0.717, 1.165) is 35.6 Å². The molecule has 4 rings (SSSR count). The van der Waals surface area contributed by atoms with Crippen molar-refractivity contribution in [1.29, 1.82) is 0 Å². The van der Waals surface area contributed by atoms with Crippen LogP contribution in [-0.4, -0.2) is 35.7 Å². The van der Waals surface area contributed by atoms with Gasteiger partial charge in [0.2, 0.25) is 0 Å². The largest absolute Gasteiger partial charge is 0.494 e. The van der Waals surface area contributed by atoms with Crippen molar-refractivity contribution >= 4 is 22.8 Å². The Morgan fingerprint density at radius 1 is 1.06 bits per heavy atom. The molecule has 174 valence electrons. The number of hydrogen-bond acceptors (Lipinski definition) is 4. The molecule has 0 bridgehead atoms. The van der Waals surface area contributed by atoms with Gasteiger partial charge >= 0.3 is 0 Å². The van der Waals surface area contributed by atoms with Gasteiger partial charge in [-0.15, -0.1) is 0 Å². The molecule has 0 saturated carbocycles. The van der Waals surface area contributed by atoms with Crippen LogP contribution in [0, 0.1) is 0 Å². The number of ketones is 1. The maximum absolute atomic E-state index is 12.2. The fraction of sp³-hybridized carbons (Fsp3) is 0.448. The number of hydrogen-bond donors (Lipinski definition) is 0. The van der Waals surface area contributed by atoms with Gasteiger partial charge in [0.05, 0.1) is 23.4 Å². The second kappa shape index (κ2) is 8.81. The summed E-state index contributed by atoms with van der Waals surface area (Å²) in [6.07, 6.45) is 13.2. The lowest BCUT2D eigenvalue weighted by Gasteiger charge is -2.44. The topological polar surface area (TPSA) is 41.9 Å². The van der Waals surface area contributed by atoms with Crippen LogP contribution >= 0.6 is 0 Å². The highest BCUT2D eigenvalue weighted by atomic mass is 16.5. The molecule has 1 aromatic carbocycles. The van der Waals surface area contributed by atoms with Gasteiger partial charge in [0.1, 0.15) is 5.75 Å². The number of carbonyl (C=O) groups is 1. The first-order valence-corrected chi connectivity index (χ1v) is 12.1. The zero-order valence-electron chi connectivity index (χ0n) is 20.9. The Bertz CT molecular complexity index is 1110. The van der Waals surface area contributed by atoms with Gasteiger partial charge in [-0.2, -0.15) is 0 Å². The zero-order chi connectivity index (χ0) is 23.8. The number of fused-ring (bicyclic) bond motifs is 2. The van der Waals surface area contributed by atoms with Gasteiger partial charge in [-0.25, -0.2) is 0 Å². The molecule has 4 nitrogen and oxygen atoms in total. The van der Waals surface area contributed by atoms with Crippen LogP contribution in [0.3, 0.4) is 0 Å². The summed E-state index contributed by atoms with van der Waals surface area (Å²) in [6, 6.07) is 6.45. The molecule has 0 aromatic heterocycles. The summed E-state index contributed by atoms with van der Waals surface area (Å²) in [5.41, 5.74) is 6.18. The van der Waals surface area contributed by atoms with Gasteiger partial charge in [0.25, 0.3) is 0 Å². The SMILES string of the molecule is CCCCCOc1ccc2c(c1)C(C)=CC(C)(C)N2CC1=CC(C)(C)N=C2C=CC(=O)C=C12. The molecule has 1 aliphatic carbocycles. The predicted molar refractivity (Wildman–Crippen MR) is 138 cm³/mol. The molecule has 2 aliphatic heterocycles. The summed E-state index contributed by atoms with van der Waals surface area (Å²) in [7, 11) is 0. The van der Waals surface area contributed by atoms with Crippen molar-refractivity contribution in [2.24, 2.45) is 4.99 Å². The molecular weight excluding hydrogens is 408 g/mol. The summed E-state index contributed by atoms with van der Waals surface area (Å²) < 4.78 is 6.04. The summed E-state index contributed by atoms with van der Waals surface area (Å²) in [6.45, 7) is 14.6. The van der Waals surface area contributed by atoms with E-state index in [4.69, 9.17) is 9.73 Å². The van der Waals surface area contributed by atoms with Crippen molar-refractivity contribution in [2.75, 3.05) is 18.1 Å². The summed E-state index contributed by atoms with van der Waals surface area (Å²) in [5.74, 6) is 0.948. The first-order valence-electron chi connectivity index (χ1n) is 12.1. The molecule has 0 fully saturated rings. The first kappa shape index (κ1) is 23.3. The molecule has 0 unspecified atom stereocenters. The van der Waals surface area contributed by atoms with E-state index in [2.05, 4.69) is 76.8 Å². The third kappa shape index (κ3) is 4.90. The van der Waals surface area contributed by atoms with Crippen LogP contribution < -0.4 is 9.64 Å². The van der Waals surface area contributed by atoms with Crippen LogP contribution in [-0.2, 0) is 4.79 Å². The highest BCUT2D eigenvalue weighted by molar-refractivity contribution is 6.22. The van der Waals surface area contributed by atoms with Crippen molar-refractivity contribution in [3.05, 3.63) is 65.3 Å². The van der Waals surface area contributed by atoms with E-state index in [9.17, 15) is 4.79 Å². The Kier molecular flexibility index (Phi) is 6.22. The molecule has 4 heteroatoms. The number of unbranched alkanes of at least 4 members (excludes halogenated alkanes) is 2. The van der Waals surface area contributed by atoms with E-state index in [1.165, 1.54) is 29.7 Å². The average molecular weight is 445 g/mol. The Morgan fingerprint density at radius 3 is 2.61 bits per heavy atom. The maximum atomic E-state index is 12.2. The third-order valence-electron chi connectivity index (χ3n) is 6.54. The molecule has 0 radical (unpaired) electrons. The minimum Gasteiger partial charge on any atom is -0.494 e. The number of allylic oxidation sites excluding steroid dienone is 4. The van der Waals surface area contributed by atoms with Crippen LogP contribution in [0.4, 0.5) is 5.69 Å². The van der Waals surface area contributed by atoms with Crippen LogP contribution in [0.25, 0.3) is 5.57 Å². The standard InChI is InChI=1S/C29H36N2O2/c1-7-8-9-14-33-23-11-13-27-24(16-23)20(2)17-29(5,6)31(27)19-21-18-28(3,4)30-26-12-10-22(32)15-25(21)26/h10-13,15-18H,7-9,14,19H2,1-6H3. The second-order valence-corrected chi connectivity index (χ2v) is 10.4. The molecule has 0 saturated heterocycles. The van der Waals surface area contributed by atoms with Gasteiger partial charge in [-0.05, 0) is 88.6 Å². The minimum absolute atomic E-state index is 0.0217. The number of carbonyl (C=O) groups excluding carboxylic acids is 1. The molecule has 0 atom stereocenters. The number of nitrogens with zero attached hydrogens (tertiary/aromatic N) is 2. The monoisotopic (exact) mass is 444 g/mol. The molecule has 0 amide bonds. The molecule has 0 spiro atoms. The predicted octanol–water partition coefficient (Wildman–Crippen LogP) is 6.48. The molecule has 3 aliphatic rings. The lowest BCUT2D eigenvalue weighted by Crippen LogP contribution is -2.47. The third-order valence-corrected chi connectivity index (χ3v) is 6.54. The van der Waals surface area contributed by atoms with E-state index < -0.39 is 0 Å². The number of ether oxygens (including phenoxy) is 1. The smallest absolute Gasteiger partial charge is 0.179 e. The maximum Gasteiger partial charge on any atom is 0.179 e. The van der Waals surface area contributed by atoms with Gasteiger partial charge in [0.15, 0.2) is 5.78 Å². The number of dihydropyridines is 1. The first-order chi connectivity index (χ1) is 15.6.